The Balaban J connectivity index is 2.38. The molecule has 1 rings (SSSR count). The van der Waals surface area contributed by atoms with Gasteiger partial charge in [0.15, 0.2) is 0 Å². The molecule has 0 spiro atoms. The molecule has 1 amide bonds. The fourth-order valence-electron chi connectivity index (χ4n) is 1.81. The van der Waals surface area contributed by atoms with Gasteiger partial charge in [0, 0.05) is 31.0 Å². The van der Waals surface area contributed by atoms with Gasteiger partial charge in [0.2, 0.25) is 0 Å². The molecule has 5 heteroatoms. The molecule has 0 fully saturated rings. The van der Waals surface area contributed by atoms with Crippen molar-refractivity contribution >= 4 is 11.6 Å². The predicted octanol–water partition coefficient (Wildman–Crippen LogP) is 2.36. The standard InChI is InChI=1S/C16H28N4O/c1-5-8-17-14-7-10-18-15(12-14)16(21)19-9-6-11-20(4)13(2)3/h7,10,12-13H,5-6,8-9,11H2,1-4H3,(H,17,18)(H,19,21). The van der Waals surface area contributed by atoms with Crippen molar-refractivity contribution in [1.82, 2.24) is 15.2 Å². The first-order valence-corrected chi connectivity index (χ1v) is 7.73. The summed E-state index contributed by atoms with van der Waals surface area (Å²) >= 11 is 0. The van der Waals surface area contributed by atoms with E-state index in [1.165, 1.54) is 0 Å². The van der Waals surface area contributed by atoms with Crippen molar-refractivity contribution in [3.8, 4) is 0 Å². The average molecular weight is 292 g/mol. The molecule has 1 aromatic rings. The summed E-state index contributed by atoms with van der Waals surface area (Å²) in [5.41, 5.74) is 1.41. The van der Waals surface area contributed by atoms with E-state index in [0.717, 1.165) is 31.6 Å². The molecule has 0 aliphatic carbocycles. The van der Waals surface area contributed by atoms with Crippen molar-refractivity contribution in [3.05, 3.63) is 24.0 Å². The van der Waals surface area contributed by atoms with Crippen molar-refractivity contribution in [2.75, 3.05) is 32.0 Å². The third-order valence-electron chi connectivity index (χ3n) is 3.43. The van der Waals surface area contributed by atoms with Gasteiger partial charge >= 0.3 is 0 Å². The second-order valence-corrected chi connectivity index (χ2v) is 5.54. The number of hydrogen-bond acceptors (Lipinski definition) is 4. The second kappa shape index (κ2) is 9.34. The van der Waals surface area contributed by atoms with Gasteiger partial charge in [-0.05, 0) is 52.4 Å². The van der Waals surface area contributed by atoms with Crippen LogP contribution in [0, 0.1) is 0 Å². The van der Waals surface area contributed by atoms with Crippen LogP contribution in [0.3, 0.4) is 0 Å². The van der Waals surface area contributed by atoms with E-state index in [0.29, 0.717) is 18.3 Å². The summed E-state index contributed by atoms with van der Waals surface area (Å²) in [4.78, 5) is 18.4. The molecule has 1 heterocycles. The molecular formula is C16H28N4O. The number of nitrogens with zero attached hydrogens (tertiary/aromatic N) is 2. The molecule has 0 saturated heterocycles. The maximum Gasteiger partial charge on any atom is 0.269 e. The topological polar surface area (TPSA) is 57.3 Å². The number of carbonyl (C=O) groups excluding carboxylic acids is 1. The van der Waals surface area contributed by atoms with Gasteiger partial charge < -0.3 is 15.5 Å². The van der Waals surface area contributed by atoms with Crippen LogP contribution in [0.15, 0.2) is 18.3 Å². The lowest BCUT2D eigenvalue weighted by Gasteiger charge is -2.20. The lowest BCUT2D eigenvalue weighted by Crippen LogP contribution is -2.31. The monoisotopic (exact) mass is 292 g/mol. The maximum absolute atomic E-state index is 12.0. The minimum atomic E-state index is -0.109. The zero-order valence-electron chi connectivity index (χ0n) is 13.6. The first kappa shape index (κ1) is 17.4. The third-order valence-corrected chi connectivity index (χ3v) is 3.43. The Labute approximate surface area is 128 Å². The van der Waals surface area contributed by atoms with E-state index in [9.17, 15) is 4.79 Å². The minimum Gasteiger partial charge on any atom is -0.385 e. The van der Waals surface area contributed by atoms with Crippen molar-refractivity contribution in [1.29, 1.82) is 0 Å². The molecule has 0 radical (unpaired) electrons. The molecule has 0 aliphatic rings. The molecule has 2 N–H and O–H groups in total. The fourth-order valence-corrected chi connectivity index (χ4v) is 1.81. The van der Waals surface area contributed by atoms with Gasteiger partial charge in [-0.15, -0.1) is 0 Å². The number of rotatable bonds is 9. The van der Waals surface area contributed by atoms with Gasteiger partial charge in [-0.2, -0.15) is 0 Å². The summed E-state index contributed by atoms with van der Waals surface area (Å²) in [5, 5.41) is 6.18. The number of hydrogen-bond donors (Lipinski definition) is 2. The van der Waals surface area contributed by atoms with Gasteiger partial charge in [-0.25, -0.2) is 0 Å². The molecular weight excluding hydrogens is 264 g/mol. The quantitative estimate of drug-likeness (QED) is 0.686. The highest BCUT2D eigenvalue weighted by Gasteiger charge is 2.08. The lowest BCUT2D eigenvalue weighted by atomic mass is 10.2. The normalized spacial score (nSPS) is 11.0. The highest BCUT2D eigenvalue weighted by molar-refractivity contribution is 5.93. The summed E-state index contributed by atoms with van der Waals surface area (Å²) in [5.74, 6) is -0.109. The Hall–Kier alpha value is -1.62. The van der Waals surface area contributed by atoms with Crippen LogP contribution in [0.5, 0.6) is 0 Å². The molecule has 0 aliphatic heterocycles. The molecule has 0 saturated carbocycles. The zero-order chi connectivity index (χ0) is 15.7. The highest BCUT2D eigenvalue weighted by atomic mass is 16.1. The second-order valence-electron chi connectivity index (χ2n) is 5.54. The van der Waals surface area contributed by atoms with E-state index in [2.05, 4.69) is 48.3 Å². The van der Waals surface area contributed by atoms with Crippen LogP contribution in [-0.2, 0) is 0 Å². The van der Waals surface area contributed by atoms with Crippen LogP contribution in [0.2, 0.25) is 0 Å². The Bertz CT molecular complexity index is 434. The molecule has 0 aromatic carbocycles. The zero-order valence-corrected chi connectivity index (χ0v) is 13.6. The number of pyridine rings is 1. The summed E-state index contributed by atoms with van der Waals surface area (Å²) in [7, 11) is 2.09. The van der Waals surface area contributed by atoms with E-state index >= 15 is 0 Å². The van der Waals surface area contributed by atoms with E-state index in [-0.39, 0.29) is 5.91 Å². The first-order chi connectivity index (χ1) is 10.0. The Morgan fingerprint density at radius 1 is 1.38 bits per heavy atom. The Morgan fingerprint density at radius 3 is 2.81 bits per heavy atom. The fraction of sp³-hybridized carbons (Fsp3) is 0.625. The molecule has 5 nitrogen and oxygen atoms in total. The van der Waals surface area contributed by atoms with Crippen LogP contribution in [0.4, 0.5) is 5.69 Å². The molecule has 1 aromatic heterocycles. The Kier molecular flexibility index (Phi) is 7.75. The van der Waals surface area contributed by atoms with Gasteiger partial charge in [-0.1, -0.05) is 6.92 Å². The van der Waals surface area contributed by atoms with Gasteiger partial charge in [0.25, 0.3) is 5.91 Å². The number of nitrogens with one attached hydrogen (secondary N) is 2. The molecule has 21 heavy (non-hydrogen) atoms. The van der Waals surface area contributed by atoms with Gasteiger partial charge in [0.05, 0.1) is 0 Å². The van der Waals surface area contributed by atoms with E-state index in [1.807, 2.05) is 6.07 Å². The van der Waals surface area contributed by atoms with Crippen LogP contribution in [-0.4, -0.2) is 48.5 Å². The molecule has 0 atom stereocenters. The Morgan fingerprint density at radius 2 is 2.14 bits per heavy atom. The average Bonchev–Trinajstić information content (AvgIpc) is 2.49. The predicted molar refractivity (Wildman–Crippen MR) is 87.7 cm³/mol. The number of amides is 1. The number of aromatic nitrogens is 1. The van der Waals surface area contributed by atoms with Crippen LogP contribution in [0.25, 0.3) is 0 Å². The van der Waals surface area contributed by atoms with Crippen molar-refractivity contribution in [3.63, 3.8) is 0 Å². The van der Waals surface area contributed by atoms with Gasteiger partial charge in [-0.3, -0.25) is 9.78 Å². The summed E-state index contributed by atoms with van der Waals surface area (Å²) in [6, 6.07) is 4.21. The highest BCUT2D eigenvalue weighted by Crippen LogP contribution is 2.07. The minimum absolute atomic E-state index is 0.109. The van der Waals surface area contributed by atoms with Crippen LogP contribution in [0.1, 0.15) is 44.1 Å². The molecule has 0 bridgehead atoms. The summed E-state index contributed by atoms with van der Waals surface area (Å²) in [6.07, 6.45) is 3.65. The van der Waals surface area contributed by atoms with Crippen molar-refractivity contribution in [2.24, 2.45) is 0 Å². The smallest absolute Gasteiger partial charge is 0.269 e. The van der Waals surface area contributed by atoms with Crippen molar-refractivity contribution < 1.29 is 4.79 Å². The number of anilines is 1. The summed E-state index contributed by atoms with van der Waals surface area (Å²) < 4.78 is 0. The third kappa shape index (κ3) is 6.58. The van der Waals surface area contributed by atoms with Crippen LogP contribution >= 0.6 is 0 Å². The van der Waals surface area contributed by atoms with E-state index < -0.39 is 0 Å². The van der Waals surface area contributed by atoms with Gasteiger partial charge in [0.1, 0.15) is 5.69 Å². The van der Waals surface area contributed by atoms with E-state index in [1.54, 1.807) is 12.3 Å². The first-order valence-electron chi connectivity index (χ1n) is 7.73. The largest absolute Gasteiger partial charge is 0.385 e. The van der Waals surface area contributed by atoms with Crippen LogP contribution < -0.4 is 10.6 Å². The summed E-state index contributed by atoms with van der Waals surface area (Å²) in [6.45, 7) is 8.98. The molecule has 118 valence electrons. The lowest BCUT2D eigenvalue weighted by molar-refractivity contribution is 0.0946. The number of carbonyl (C=O) groups is 1. The molecule has 0 unspecified atom stereocenters. The SMILES string of the molecule is CCCNc1ccnc(C(=O)NCCCN(C)C(C)C)c1. The maximum atomic E-state index is 12.0. The van der Waals surface area contributed by atoms with E-state index in [4.69, 9.17) is 0 Å². The van der Waals surface area contributed by atoms with Crippen molar-refractivity contribution in [2.45, 2.75) is 39.7 Å².